The van der Waals surface area contributed by atoms with Gasteiger partial charge in [0.15, 0.2) is 5.82 Å². The Morgan fingerprint density at radius 3 is 2.72 bits per heavy atom. The van der Waals surface area contributed by atoms with E-state index >= 15 is 0 Å². The van der Waals surface area contributed by atoms with Gasteiger partial charge in [0, 0.05) is 31.3 Å². The van der Waals surface area contributed by atoms with Gasteiger partial charge in [-0.15, -0.1) is 0 Å². The minimum absolute atomic E-state index is 0.181. The van der Waals surface area contributed by atoms with Gasteiger partial charge in [-0.2, -0.15) is 5.10 Å². The van der Waals surface area contributed by atoms with E-state index in [-0.39, 0.29) is 30.9 Å². The third kappa shape index (κ3) is 7.23. The summed E-state index contributed by atoms with van der Waals surface area (Å²) >= 11 is 0. The SMILES string of the molecule is O=C(O)Cn1ccc(NC(=O)CCCNC(=O)NC2CCCCC2)n1. The van der Waals surface area contributed by atoms with Crippen molar-refractivity contribution < 1.29 is 19.5 Å². The molecule has 9 nitrogen and oxygen atoms in total. The summed E-state index contributed by atoms with van der Waals surface area (Å²) in [5.41, 5.74) is 0. The number of carboxylic acid groups (broad SMARTS) is 1. The van der Waals surface area contributed by atoms with E-state index in [0.717, 1.165) is 25.7 Å². The van der Waals surface area contributed by atoms with Gasteiger partial charge in [-0.1, -0.05) is 19.3 Å². The third-order valence-corrected chi connectivity index (χ3v) is 4.01. The highest BCUT2D eigenvalue weighted by Crippen LogP contribution is 2.17. The van der Waals surface area contributed by atoms with E-state index in [1.165, 1.54) is 23.4 Å². The number of carbonyl (C=O) groups is 3. The summed E-state index contributed by atoms with van der Waals surface area (Å²) in [6.07, 6.45) is 7.87. The van der Waals surface area contributed by atoms with Crippen molar-refractivity contribution in [1.29, 1.82) is 0 Å². The van der Waals surface area contributed by atoms with Crippen LogP contribution in [0.25, 0.3) is 0 Å². The Hall–Kier alpha value is -2.58. The van der Waals surface area contributed by atoms with Crippen molar-refractivity contribution >= 4 is 23.7 Å². The van der Waals surface area contributed by atoms with Crippen LogP contribution in [0.4, 0.5) is 10.6 Å². The first-order chi connectivity index (χ1) is 12.0. The van der Waals surface area contributed by atoms with E-state index in [1.54, 1.807) is 0 Å². The number of rotatable bonds is 8. The number of carbonyl (C=O) groups excluding carboxylic acids is 2. The lowest BCUT2D eigenvalue weighted by molar-refractivity contribution is -0.137. The zero-order valence-electron chi connectivity index (χ0n) is 14.2. The summed E-state index contributed by atoms with van der Waals surface area (Å²) in [5.74, 6) is -0.914. The number of carboxylic acids is 1. The first-order valence-corrected chi connectivity index (χ1v) is 8.62. The molecule has 1 saturated carbocycles. The zero-order chi connectivity index (χ0) is 18.1. The number of urea groups is 1. The molecule has 25 heavy (non-hydrogen) atoms. The summed E-state index contributed by atoms with van der Waals surface area (Å²) < 4.78 is 1.23. The summed E-state index contributed by atoms with van der Waals surface area (Å²) in [4.78, 5) is 34.1. The minimum atomic E-state index is -1.00. The molecule has 0 aliphatic heterocycles. The number of nitrogens with one attached hydrogen (secondary N) is 3. The molecule has 1 aromatic rings. The highest BCUT2D eigenvalue weighted by molar-refractivity contribution is 5.89. The van der Waals surface area contributed by atoms with Gasteiger partial charge in [0.2, 0.25) is 5.91 Å². The predicted molar refractivity (Wildman–Crippen MR) is 91.1 cm³/mol. The first kappa shape index (κ1) is 18.8. The Morgan fingerprint density at radius 1 is 1.24 bits per heavy atom. The van der Waals surface area contributed by atoms with E-state index in [4.69, 9.17) is 5.11 Å². The smallest absolute Gasteiger partial charge is 0.325 e. The molecule has 1 aromatic heterocycles. The number of amides is 3. The van der Waals surface area contributed by atoms with Gasteiger partial charge < -0.3 is 21.1 Å². The lowest BCUT2D eigenvalue weighted by Gasteiger charge is -2.22. The Balaban J connectivity index is 1.57. The van der Waals surface area contributed by atoms with Gasteiger partial charge in [0.1, 0.15) is 6.54 Å². The van der Waals surface area contributed by atoms with E-state index in [1.807, 2.05) is 0 Å². The Bertz CT molecular complexity index is 595. The predicted octanol–water partition coefficient (Wildman–Crippen LogP) is 1.32. The normalized spacial score (nSPS) is 14.7. The summed E-state index contributed by atoms with van der Waals surface area (Å²) in [6.45, 7) is 0.162. The minimum Gasteiger partial charge on any atom is -0.480 e. The molecular weight excluding hydrogens is 326 g/mol. The first-order valence-electron chi connectivity index (χ1n) is 8.62. The monoisotopic (exact) mass is 351 g/mol. The number of nitrogens with zero attached hydrogens (tertiary/aromatic N) is 2. The molecule has 0 radical (unpaired) electrons. The van der Waals surface area contributed by atoms with E-state index in [9.17, 15) is 14.4 Å². The summed E-state index contributed by atoms with van der Waals surface area (Å²) in [7, 11) is 0. The highest BCUT2D eigenvalue weighted by atomic mass is 16.4. The molecule has 0 aromatic carbocycles. The van der Waals surface area contributed by atoms with Crippen LogP contribution in [0.1, 0.15) is 44.9 Å². The molecule has 0 unspecified atom stereocenters. The average molecular weight is 351 g/mol. The molecule has 3 amide bonds. The fourth-order valence-corrected chi connectivity index (χ4v) is 2.79. The summed E-state index contributed by atoms with van der Waals surface area (Å²) in [5, 5.41) is 20.9. The second kappa shape index (κ2) is 9.65. The van der Waals surface area contributed by atoms with Crippen LogP contribution in [0.3, 0.4) is 0 Å². The van der Waals surface area contributed by atoms with Crippen LogP contribution >= 0.6 is 0 Å². The van der Waals surface area contributed by atoms with E-state index in [0.29, 0.717) is 18.8 Å². The van der Waals surface area contributed by atoms with Crippen molar-refractivity contribution in [3.8, 4) is 0 Å². The van der Waals surface area contributed by atoms with Crippen LogP contribution in [0.15, 0.2) is 12.3 Å². The quantitative estimate of drug-likeness (QED) is 0.526. The highest BCUT2D eigenvalue weighted by Gasteiger charge is 2.15. The van der Waals surface area contributed by atoms with Crippen molar-refractivity contribution in [2.45, 2.75) is 57.5 Å². The lowest BCUT2D eigenvalue weighted by atomic mass is 9.96. The molecule has 9 heteroatoms. The maximum atomic E-state index is 11.8. The van der Waals surface area contributed by atoms with Crippen LogP contribution in [-0.2, 0) is 16.1 Å². The maximum absolute atomic E-state index is 11.8. The topological polar surface area (TPSA) is 125 Å². The maximum Gasteiger partial charge on any atom is 0.325 e. The number of anilines is 1. The van der Waals surface area contributed by atoms with Crippen LogP contribution in [0, 0.1) is 0 Å². The molecule has 138 valence electrons. The second-order valence-electron chi connectivity index (χ2n) is 6.18. The van der Waals surface area contributed by atoms with Gasteiger partial charge in [-0.05, 0) is 19.3 Å². The average Bonchev–Trinajstić information content (AvgIpc) is 2.98. The second-order valence-corrected chi connectivity index (χ2v) is 6.18. The van der Waals surface area contributed by atoms with Gasteiger partial charge in [-0.25, -0.2) is 4.79 Å². The molecule has 1 fully saturated rings. The largest absolute Gasteiger partial charge is 0.480 e. The fraction of sp³-hybridized carbons (Fsp3) is 0.625. The van der Waals surface area contributed by atoms with Gasteiger partial charge in [0.25, 0.3) is 0 Å². The fourth-order valence-electron chi connectivity index (χ4n) is 2.79. The van der Waals surface area contributed by atoms with Crippen molar-refractivity contribution in [2.75, 3.05) is 11.9 Å². The third-order valence-electron chi connectivity index (χ3n) is 4.01. The summed E-state index contributed by atoms with van der Waals surface area (Å²) in [6, 6.07) is 1.62. The molecule has 2 rings (SSSR count). The Morgan fingerprint density at radius 2 is 2.00 bits per heavy atom. The molecular formula is C16H25N5O4. The molecule has 1 heterocycles. The zero-order valence-corrected chi connectivity index (χ0v) is 14.2. The number of aliphatic carboxylic acids is 1. The van der Waals surface area contributed by atoms with E-state index in [2.05, 4.69) is 21.0 Å². The molecule has 4 N–H and O–H groups in total. The van der Waals surface area contributed by atoms with Crippen molar-refractivity contribution in [3.05, 3.63) is 12.3 Å². The Kier molecular flexibility index (Phi) is 7.24. The molecule has 0 saturated heterocycles. The van der Waals surface area contributed by atoms with Crippen LogP contribution in [0.2, 0.25) is 0 Å². The van der Waals surface area contributed by atoms with Crippen LogP contribution in [0.5, 0.6) is 0 Å². The molecule has 0 spiro atoms. The van der Waals surface area contributed by atoms with Crippen LogP contribution < -0.4 is 16.0 Å². The van der Waals surface area contributed by atoms with Crippen molar-refractivity contribution in [3.63, 3.8) is 0 Å². The number of hydrogen-bond donors (Lipinski definition) is 4. The van der Waals surface area contributed by atoms with Gasteiger partial charge in [-0.3, -0.25) is 14.3 Å². The standard InChI is InChI=1S/C16H25N5O4/c22-14(19-13-8-10-21(20-13)11-15(23)24)7-4-9-17-16(25)18-12-5-2-1-3-6-12/h8,10,12H,1-7,9,11H2,(H,23,24)(H2,17,18,25)(H,19,20,22). The number of aromatic nitrogens is 2. The van der Waals surface area contributed by atoms with Gasteiger partial charge in [0.05, 0.1) is 0 Å². The lowest BCUT2D eigenvalue weighted by Crippen LogP contribution is -2.43. The molecule has 0 atom stereocenters. The van der Waals surface area contributed by atoms with Crippen molar-refractivity contribution in [1.82, 2.24) is 20.4 Å². The molecule has 0 bridgehead atoms. The van der Waals surface area contributed by atoms with Crippen LogP contribution in [-0.4, -0.2) is 45.4 Å². The number of hydrogen-bond acceptors (Lipinski definition) is 4. The van der Waals surface area contributed by atoms with Crippen molar-refractivity contribution in [2.24, 2.45) is 0 Å². The molecule has 1 aliphatic carbocycles. The van der Waals surface area contributed by atoms with Gasteiger partial charge >= 0.3 is 12.0 Å². The van der Waals surface area contributed by atoms with E-state index < -0.39 is 5.97 Å². The Labute approximate surface area is 146 Å². The molecule has 1 aliphatic rings.